The molecule has 1 atom stereocenters. The van der Waals surface area contributed by atoms with Crippen LogP contribution in [-0.4, -0.2) is 11.5 Å². The van der Waals surface area contributed by atoms with Gasteiger partial charge >= 0.3 is 0 Å². The van der Waals surface area contributed by atoms with Crippen LogP contribution in [0.25, 0.3) is 0 Å². The summed E-state index contributed by atoms with van der Waals surface area (Å²) < 4.78 is 0. The molecule has 1 aromatic carbocycles. The second-order valence-electron chi connectivity index (χ2n) is 5.17. The summed E-state index contributed by atoms with van der Waals surface area (Å²) in [5.74, 6) is 0. The third-order valence-electron chi connectivity index (χ3n) is 3.28. The molecule has 0 aliphatic carbocycles. The zero-order valence-electron chi connectivity index (χ0n) is 12.5. The molecule has 0 aliphatic heterocycles. The monoisotopic (exact) mass is 269 g/mol. The Morgan fingerprint density at radius 2 is 1.80 bits per heavy atom. The Labute approximate surface area is 121 Å². The number of aryl methyl sites for hydroxylation is 1. The predicted octanol–water partition coefficient (Wildman–Crippen LogP) is 4.39. The number of hydrogen-bond donors (Lipinski definition) is 2. The molecule has 3 heteroatoms. The maximum Gasteiger partial charge on any atom is 0.0552 e. The fourth-order valence-corrected chi connectivity index (χ4v) is 2.07. The highest BCUT2D eigenvalue weighted by Crippen LogP contribution is 2.21. The molecule has 0 saturated heterocycles. The second kappa shape index (κ2) is 6.94. The molecule has 0 amide bonds. The minimum Gasteiger partial charge on any atom is -0.384 e. The van der Waals surface area contributed by atoms with Crippen LogP contribution in [0.4, 0.5) is 11.4 Å². The van der Waals surface area contributed by atoms with E-state index in [0.29, 0.717) is 0 Å². The lowest BCUT2D eigenvalue weighted by Crippen LogP contribution is -2.07. The van der Waals surface area contributed by atoms with E-state index in [2.05, 4.69) is 66.7 Å². The van der Waals surface area contributed by atoms with E-state index in [0.717, 1.165) is 24.3 Å². The summed E-state index contributed by atoms with van der Waals surface area (Å²) in [6, 6.07) is 11.0. The summed E-state index contributed by atoms with van der Waals surface area (Å²) in [6.45, 7) is 7.39. The van der Waals surface area contributed by atoms with E-state index in [1.54, 1.807) is 0 Å². The number of aromatic nitrogens is 1. The lowest BCUT2D eigenvalue weighted by molar-refractivity contribution is 0.882. The van der Waals surface area contributed by atoms with Gasteiger partial charge in [-0.3, -0.25) is 4.98 Å². The third-order valence-corrected chi connectivity index (χ3v) is 3.28. The van der Waals surface area contributed by atoms with Crippen LogP contribution in [0.15, 0.2) is 42.7 Å². The van der Waals surface area contributed by atoms with Crippen LogP contribution in [0.3, 0.4) is 0 Å². The highest BCUT2D eigenvalue weighted by Gasteiger charge is 2.05. The Morgan fingerprint density at radius 1 is 1.10 bits per heavy atom. The Balaban J connectivity index is 2.03. The summed E-state index contributed by atoms with van der Waals surface area (Å²) >= 11 is 0. The molecule has 3 nitrogen and oxygen atoms in total. The van der Waals surface area contributed by atoms with Crippen molar-refractivity contribution in [3.05, 3.63) is 53.9 Å². The van der Waals surface area contributed by atoms with Gasteiger partial charge in [0.25, 0.3) is 0 Å². The molecule has 2 rings (SSSR count). The second-order valence-corrected chi connectivity index (χ2v) is 5.17. The van der Waals surface area contributed by atoms with Crippen molar-refractivity contribution < 1.29 is 0 Å². The van der Waals surface area contributed by atoms with Gasteiger partial charge in [0.05, 0.1) is 23.8 Å². The number of rotatable bonds is 6. The lowest BCUT2D eigenvalue weighted by Gasteiger charge is -2.16. The van der Waals surface area contributed by atoms with Crippen molar-refractivity contribution in [1.82, 2.24) is 4.98 Å². The predicted molar refractivity (Wildman–Crippen MR) is 86.2 cm³/mol. The SMILES string of the molecule is CCCNc1cncc(NC(C)c2ccc(C)cc2)c1. The van der Waals surface area contributed by atoms with Gasteiger partial charge in [-0.05, 0) is 31.9 Å². The van der Waals surface area contributed by atoms with Gasteiger partial charge in [0.2, 0.25) is 0 Å². The molecule has 20 heavy (non-hydrogen) atoms. The number of hydrogen-bond acceptors (Lipinski definition) is 3. The fourth-order valence-electron chi connectivity index (χ4n) is 2.07. The van der Waals surface area contributed by atoms with Gasteiger partial charge in [0, 0.05) is 12.6 Å². The Morgan fingerprint density at radius 3 is 2.50 bits per heavy atom. The molecule has 1 unspecified atom stereocenters. The average Bonchev–Trinajstić information content (AvgIpc) is 2.46. The van der Waals surface area contributed by atoms with E-state index >= 15 is 0 Å². The summed E-state index contributed by atoms with van der Waals surface area (Å²) in [5, 5.41) is 6.84. The Bertz CT molecular complexity index is 534. The molecular weight excluding hydrogens is 246 g/mol. The molecule has 1 heterocycles. The smallest absolute Gasteiger partial charge is 0.0552 e. The fraction of sp³-hybridized carbons (Fsp3) is 0.353. The molecule has 0 radical (unpaired) electrons. The maximum absolute atomic E-state index is 4.27. The molecule has 2 N–H and O–H groups in total. The van der Waals surface area contributed by atoms with Crippen LogP contribution in [0, 0.1) is 6.92 Å². The Kier molecular flexibility index (Phi) is 4.99. The van der Waals surface area contributed by atoms with Crippen LogP contribution in [-0.2, 0) is 0 Å². The number of nitrogens with one attached hydrogen (secondary N) is 2. The van der Waals surface area contributed by atoms with Crippen molar-refractivity contribution in [2.24, 2.45) is 0 Å². The summed E-state index contributed by atoms with van der Waals surface area (Å²) in [6.07, 6.45) is 4.83. The zero-order valence-corrected chi connectivity index (χ0v) is 12.5. The van der Waals surface area contributed by atoms with E-state index < -0.39 is 0 Å². The van der Waals surface area contributed by atoms with Crippen LogP contribution in [0.1, 0.15) is 37.4 Å². The van der Waals surface area contributed by atoms with Crippen molar-refractivity contribution in [3.63, 3.8) is 0 Å². The van der Waals surface area contributed by atoms with Crippen molar-refractivity contribution in [2.75, 3.05) is 17.2 Å². The van der Waals surface area contributed by atoms with Crippen LogP contribution >= 0.6 is 0 Å². The van der Waals surface area contributed by atoms with E-state index in [1.165, 1.54) is 11.1 Å². The first-order valence-electron chi connectivity index (χ1n) is 7.21. The highest BCUT2D eigenvalue weighted by atomic mass is 14.9. The molecule has 0 bridgehead atoms. The average molecular weight is 269 g/mol. The normalized spacial score (nSPS) is 11.9. The van der Waals surface area contributed by atoms with Crippen molar-refractivity contribution >= 4 is 11.4 Å². The van der Waals surface area contributed by atoms with Gasteiger partial charge in [-0.2, -0.15) is 0 Å². The van der Waals surface area contributed by atoms with E-state index in [4.69, 9.17) is 0 Å². The van der Waals surface area contributed by atoms with Crippen molar-refractivity contribution in [3.8, 4) is 0 Å². The molecule has 0 fully saturated rings. The molecule has 1 aromatic heterocycles. The molecule has 0 saturated carbocycles. The lowest BCUT2D eigenvalue weighted by atomic mass is 10.1. The van der Waals surface area contributed by atoms with E-state index in [-0.39, 0.29) is 6.04 Å². The highest BCUT2D eigenvalue weighted by molar-refractivity contribution is 5.54. The number of benzene rings is 1. The molecular formula is C17H23N3. The number of nitrogens with zero attached hydrogens (tertiary/aromatic N) is 1. The van der Waals surface area contributed by atoms with Gasteiger partial charge in [0.1, 0.15) is 0 Å². The summed E-state index contributed by atoms with van der Waals surface area (Å²) in [4.78, 5) is 4.27. The quantitative estimate of drug-likeness (QED) is 0.817. The van der Waals surface area contributed by atoms with Gasteiger partial charge in [-0.25, -0.2) is 0 Å². The van der Waals surface area contributed by atoms with Crippen molar-refractivity contribution in [1.29, 1.82) is 0 Å². The summed E-state index contributed by atoms with van der Waals surface area (Å²) in [7, 11) is 0. The minimum atomic E-state index is 0.263. The van der Waals surface area contributed by atoms with Gasteiger partial charge in [-0.15, -0.1) is 0 Å². The number of pyridine rings is 1. The largest absolute Gasteiger partial charge is 0.384 e. The zero-order chi connectivity index (χ0) is 14.4. The maximum atomic E-state index is 4.27. The first kappa shape index (κ1) is 14.4. The van der Waals surface area contributed by atoms with Gasteiger partial charge in [0.15, 0.2) is 0 Å². The van der Waals surface area contributed by atoms with E-state index in [1.807, 2.05) is 12.4 Å². The standard InChI is InChI=1S/C17H23N3/c1-4-9-19-16-10-17(12-18-11-16)20-14(3)15-7-5-13(2)6-8-15/h5-8,10-12,14,19-20H,4,9H2,1-3H3. The van der Waals surface area contributed by atoms with Gasteiger partial charge < -0.3 is 10.6 Å². The first-order chi connectivity index (χ1) is 9.69. The van der Waals surface area contributed by atoms with Crippen LogP contribution in [0.5, 0.6) is 0 Å². The number of anilines is 2. The molecule has 2 aromatic rings. The summed E-state index contributed by atoms with van der Waals surface area (Å²) in [5.41, 5.74) is 4.67. The first-order valence-corrected chi connectivity index (χ1v) is 7.21. The van der Waals surface area contributed by atoms with Crippen LogP contribution < -0.4 is 10.6 Å². The van der Waals surface area contributed by atoms with Crippen molar-refractivity contribution in [2.45, 2.75) is 33.2 Å². The third kappa shape index (κ3) is 3.98. The molecule has 0 aliphatic rings. The van der Waals surface area contributed by atoms with Gasteiger partial charge in [-0.1, -0.05) is 36.8 Å². The molecule has 0 spiro atoms. The van der Waals surface area contributed by atoms with Crippen LogP contribution in [0.2, 0.25) is 0 Å². The molecule has 106 valence electrons. The Hall–Kier alpha value is -2.03. The van der Waals surface area contributed by atoms with E-state index in [9.17, 15) is 0 Å². The topological polar surface area (TPSA) is 37.0 Å². The minimum absolute atomic E-state index is 0.263.